The van der Waals surface area contributed by atoms with Crippen molar-refractivity contribution in [2.45, 2.75) is 20.3 Å². The van der Waals surface area contributed by atoms with Crippen LogP contribution in [-0.2, 0) is 0 Å². The molecule has 0 saturated carbocycles. The van der Waals surface area contributed by atoms with Gasteiger partial charge in [-0.15, -0.1) is 11.3 Å². The molecule has 0 spiro atoms. The van der Waals surface area contributed by atoms with Crippen LogP contribution in [-0.4, -0.2) is 56.3 Å². The number of rotatable bonds is 3. The Morgan fingerprint density at radius 3 is 2.74 bits per heavy atom. The number of aromatic nitrogens is 4. The van der Waals surface area contributed by atoms with Crippen molar-refractivity contribution in [2.75, 3.05) is 31.1 Å². The van der Waals surface area contributed by atoms with Gasteiger partial charge in [-0.25, -0.2) is 15.0 Å². The molecule has 1 amide bonds. The zero-order valence-corrected chi connectivity index (χ0v) is 18.5. The highest BCUT2D eigenvalue weighted by Crippen LogP contribution is 2.27. The van der Waals surface area contributed by atoms with E-state index in [0.29, 0.717) is 12.2 Å². The van der Waals surface area contributed by atoms with E-state index >= 15 is 0 Å². The van der Waals surface area contributed by atoms with Crippen LogP contribution in [0.3, 0.4) is 0 Å². The number of carbonyl (C=O) groups excluding carboxylic acids is 1. The Kier molecular flexibility index (Phi) is 5.15. The summed E-state index contributed by atoms with van der Waals surface area (Å²) < 4.78 is 1.94. The molecule has 1 aliphatic rings. The van der Waals surface area contributed by atoms with Crippen molar-refractivity contribution in [3.05, 3.63) is 65.1 Å². The zero-order valence-electron chi connectivity index (χ0n) is 17.7. The van der Waals surface area contributed by atoms with Gasteiger partial charge in [0, 0.05) is 55.7 Å². The molecule has 8 heteroatoms. The number of anilines is 1. The maximum Gasteiger partial charge on any atom is 0.271 e. The van der Waals surface area contributed by atoms with Crippen LogP contribution in [0, 0.1) is 13.8 Å². The van der Waals surface area contributed by atoms with Crippen molar-refractivity contribution in [2.24, 2.45) is 0 Å². The van der Waals surface area contributed by atoms with Crippen LogP contribution in [0.25, 0.3) is 16.2 Å². The third-order valence-electron chi connectivity index (χ3n) is 5.72. The van der Waals surface area contributed by atoms with E-state index in [9.17, 15) is 4.79 Å². The number of fused-ring (bicyclic) bond motifs is 1. The Morgan fingerprint density at radius 1 is 1.06 bits per heavy atom. The first-order chi connectivity index (χ1) is 15.1. The van der Waals surface area contributed by atoms with Gasteiger partial charge in [-0.2, -0.15) is 0 Å². The molecule has 0 unspecified atom stereocenters. The molecule has 31 heavy (non-hydrogen) atoms. The van der Waals surface area contributed by atoms with Gasteiger partial charge >= 0.3 is 0 Å². The summed E-state index contributed by atoms with van der Waals surface area (Å²) in [5.74, 6) is 0.773. The van der Waals surface area contributed by atoms with Gasteiger partial charge in [0.1, 0.15) is 5.69 Å². The summed E-state index contributed by atoms with van der Waals surface area (Å²) in [7, 11) is 0. The first kappa shape index (κ1) is 19.7. The van der Waals surface area contributed by atoms with Crippen LogP contribution in [0.4, 0.5) is 5.95 Å². The van der Waals surface area contributed by atoms with Gasteiger partial charge in [-0.05, 0) is 38.0 Å². The average molecular weight is 433 g/mol. The van der Waals surface area contributed by atoms with E-state index in [1.54, 1.807) is 12.4 Å². The fourth-order valence-electron chi connectivity index (χ4n) is 4.02. The molecule has 5 rings (SSSR count). The number of benzene rings is 1. The quantitative estimate of drug-likeness (QED) is 0.492. The molecule has 4 heterocycles. The summed E-state index contributed by atoms with van der Waals surface area (Å²) in [5, 5.41) is 1.92. The first-order valence-electron chi connectivity index (χ1n) is 10.5. The molecule has 158 valence electrons. The third-order valence-corrected chi connectivity index (χ3v) is 6.56. The topological polar surface area (TPSA) is 66.6 Å². The predicted molar refractivity (Wildman–Crippen MR) is 123 cm³/mol. The molecule has 0 radical (unpaired) electrons. The summed E-state index contributed by atoms with van der Waals surface area (Å²) in [6.07, 6.45) is 6.38. The number of aryl methyl sites for hydroxylation is 2. The maximum atomic E-state index is 13.4. The molecule has 1 saturated heterocycles. The smallest absolute Gasteiger partial charge is 0.271 e. The standard InChI is InChI=1S/C23H24N6OS/c1-16-5-6-17(2)18(13-16)19-14-29-20(15-31-23(29)26-19)21(30)27-9-4-10-28(12-11-27)22-24-7-3-8-25-22/h3,5-8,13-15H,4,9-12H2,1-2H3. The summed E-state index contributed by atoms with van der Waals surface area (Å²) in [4.78, 5) is 31.8. The number of amides is 1. The molecular formula is C23H24N6OS. The van der Waals surface area contributed by atoms with Gasteiger partial charge in [0.05, 0.1) is 5.69 Å². The monoisotopic (exact) mass is 432 g/mol. The lowest BCUT2D eigenvalue weighted by Crippen LogP contribution is -2.36. The second-order valence-corrected chi connectivity index (χ2v) is 8.74. The van der Waals surface area contributed by atoms with Gasteiger partial charge in [0.25, 0.3) is 5.91 Å². The van der Waals surface area contributed by atoms with Crippen LogP contribution < -0.4 is 4.90 Å². The molecule has 1 aromatic carbocycles. The number of thiazole rings is 1. The SMILES string of the molecule is Cc1ccc(C)c(-c2cn3c(C(=O)N4CCCN(c5ncccn5)CC4)csc3n2)c1. The number of nitrogens with zero attached hydrogens (tertiary/aromatic N) is 6. The minimum absolute atomic E-state index is 0.0481. The van der Waals surface area contributed by atoms with E-state index in [1.165, 1.54) is 22.5 Å². The maximum absolute atomic E-state index is 13.4. The zero-order chi connectivity index (χ0) is 21.4. The lowest BCUT2D eigenvalue weighted by atomic mass is 10.0. The average Bonchev–Trinajstić information content (AvgIpc) is 3.27. The molecule has 7 nitrogen and oxygen atoms in total. The van der Waals surface area contributed by atoms with Crippen LogP contribution in [0.15, 0.2) is 48.2 Å². The van der Waals surface area contributed by atoms with Gasteiger partial charge in [0.2, 0.25) is 5.95 Å². The number of hydrogen-bond donors (Lipinski definition) is 0. The van der Waals surface area contributed by atoms with Crippen LogP contribution >= 0.6 is 11.3 Å². The second kappa shape index (κ2) is 8.11. The Labute approximate surface area is 185 Å². The molecule has 1 fully saturated rings. The third kappa shape index (κ3) is 3.79. The van der Waals surface area contributed by atoms with Gasteiger partial charge < -0.3 is 9.80 Å². The molecule has 0 atom stereocenters. The lowest BCUT2D eigenvalue weighted by Gasteiger charge is -2.21. The summed E-state index contributed by atoms with van der Waals surface area (Å²) >= 11 is 1.51. The Balaban J connectivity index is 1.39. The van der Waals surface area contributed by atoms with Crippen molar-refractivity contribution >= 4 is 28.2 Å². The van der Waals surface area contributed by atoms with E-state index in [-0.39, 0.29) is 5.91 Å². The van der Waals surface area contributed by atoms with Crippen molar-refractivity contribution < 1.29 is 4.79 Å². The molecular weight excluding hydrogens is 408 g/mol. The molecule has 4 aromatic rings. The molecule has 1 aliphatic heterocycles. The number of carbonyl (C=O) groups is 1. The van der Waals surface area contributed by atoms with Crippen molar-refractivity contribution in [1.82, 2.24) is 24.3 Å². The van der Waals surface area contributed by atoms with Crippen molar-refractivity contribution in [3.63, 3.8) is 0 Å². The fourth-order valence-corrected chi connectivity index (χ4v) is 4.86. The molecule has 0 aliphatic carbocycles. The molecule has 3 aromatic heterocycles. The van der Waals surface area contributed by atoms with E-state index in [0.717, 1.165) is 48.2 Å². The Hall–Kier alpha value is -3.26. The van der Waals surface area contributed by atoms with E-state index in [4.69, 9.17) is 4.98 Å². The highest BCUT2D eigenvalue weighted by Gasteiger charge is 2.24. The first-order valence-corrected chi connectivity index (χ1v) is 11.3. The van der Waals surface area contributed by atoms with E-state index in [1.807, 2.05) is 26.9 Å². The Morgan fingerprint density at radius 2 is 1.90 bits per heavy atom. The van der Waals surface area contributed by atoms with Crippen LogP contribution in [0.1, 0.15) is 28.0 Å². The largest absolute Gasteiger partial charge is 0.339 e. The normalized spacial score (nSPS) is 14.8. The predicted octanol–water partition coefficient (Wildman–Crippen LogP) is 3.82. The number of imidazole rings is 1. The van der Waals surface area contributed by atoms with Crippen molar-refractivity contribution in [3.8, 4) is 11.3 Å². The van der Waals surface area contributed by atoms with Gasteiger partial charge in [-0.3, -0.25) is 9.20 Å². The van der Waals surface area contributed by atoms with Gasteiger partial charge in [-0.1, -0.05) is 17.7 Å². The Bertz CT molecular complexity index is 1230. The van der Waals surface area contributed by atoms with Crippen LogP contribution in [0.5, 0.6) is 0 Å². The highest BCUT2D eigenvalue weighted by atomic mass is 32.1. The highest BCUT2D eigenvalue weighted by molar-refractivity contribution is 7.15. The summed E-state index contributed by atoms with van der Waals surface area (Å²) in [6, 6.07) is 8.19. The summed E-state index contributed by atoms with van der Waals surface area (Å²) in [6.45, 7) is 7.10. The molecule has 0 bridgehead atoms. The van der Waals surface area contributed by atoms with Crippen LogP contribution in [0.2, 0.25) is 0 Å². The molecule has 0 N–H and O–H groups in total. The minimum atomic E-state index is 0.0481. The van der Waals surface area contributed by atoms with E-state index < -0.39 is 0 Å². The van der Waals surface area contributed by atoms with Gasteiger partial charge in [0.15, 0.2) is 4.96 Å². The van der Waals surface area contributed by atoms with E-state index in [2.05, 4.69) is 46.9 Å². The lowest BCUT2D eigenvalue weighted by molar-refractivity contribution is 0.0760. The number of hydrogen-bond acceptors (Lipinski definition) is 6. The summed E-state index contributed by atoms with van der Waals surface area (Å²) in [5.41, 5.74) is 5.08. The van der Waals surface area contributed by atoms with Crippen molar-refractivity contribution in [1.29, 1.82) is 0 Å². The minimum Gasteiger partial charge on any atom is -0.339 e. The second-order valence-electron chi connectivity index (χ2n) is 7.90. The fraction of sp³-hybridized carbons (Fsp3) is 0.304.